The van der Waals surface area contributed by atoms with Crippen LogP contribution in [0.15, 0.2) is 54.6 Å². The van der Waals surface area contributed by atoms with Crippen LogP contribution in [0.1, 0.15) is 24.4 Å². The highest BCUT2D eigenvalue weighted by atomic mass is 19.1. The van der Waals surface area contributed by atoms with Crippen LogP contribution >= 0.6 is 0 Å². The summed E-state index contributed by atoms with van der Waals surface area (Å²) in [6.45, 7) is 0.650. The molecule has 0 unspecified atom stereocenters. The van der Waals surface area contributed by atoms with Crippen molar-refractivity contribution in [3.8, 4) is 0 Å². The maximum atomic E-state index is 13.9. The Morgan fingerprint density at radius 3 is 2.57 bits per heavy atom. The van der Waals surface area contributed by atoms with Gasteiger partial charge >= 0.3 is 6.03 Å². The number of hydrogen-bond acceptors (Lipinski definition) is 1. The van der Waals surface area contributed by atoms with Crippen LogP contribution in [-0.2, 0) is 0 Å². The molecule has 3 rings (SSSR count). The number of carbonyl (C=O) groups is 1. The highest BCUT2D eigenvalue weighted by Gasteiger charge is 2.31. The largest absolute Gasteiger partial charge is 0.322 e. The summed E-state index contributed by atoms with van der Waals surface area (Å²) in [6.07, 6.45) is 1.68. The molecule has 0 spiro atoms. The molecule has 1 saturated heterocycles. The summed E-state index contributed by atoms with van der Waals surface area (Å²) < 4.78 is 13.9. The molecule has 1 aliphatic rings. The second-order valence-electron chi connectivity index (χ2n) is 5.17. The number of nitrogens with zero attached hydrogens (tertiary/aromatic N) is 1. The zero-order chi connectivity index (χ0) is 14.7. The number of para-hydroxylation sites is 1. The number of nitrogens with one attached hydrogen (secondary N) is 1. The third-order valence-corrected chi connectivity index (χ3v) is 3.80. The van der Waals surface area contributed by atoms with E-state index in [9.17, 15) is 9.18 Å². The van der Waals surface area contributed by atoms with Gasteiger partial charge in [0.1, 0.15) is 5.82 Å². The van der Waals surface area contributed by atoms with Gasteiger partial charge in [-0.05, 0) is 31.0 Å². The van der Waals surface area contributed by atoms with Crippen LogP contribution in [0.2, 0.25) is 0 Å². The molecule has 21 heavy (non-hydrogen) atoms. The lowest BCUT2D eigenvalue weighted by Gasteiger charge is -2.25. The van der Waals surface area contributed by atoms with Crippen molar-refractivity contribution in [2.24, 2.45) is 0 Å². The first-order chi connectivity index (χ1) is 10.3. The first-order valence-corrected chi connectivity index (χ1v) is 7.13. The Morgan fingerprint density at radius 1 is 1.10 bits per heavy atom. The molecule has 2 aromatic carbocycles. The van der Waals surface area contributed by atoms with E-state index in [0.717, 1.165) is 18.5 Å². The van der Waals surface area contributed by atoms with Gasteiger partial charge in [0, 0.05) is 17.8 Å². The second kappa shape index (κ2) is 5.95. The number of rotatable bonds is 2. The van der Waals surface area contributed by atoms with Crippen LogP contribution in [0, 0.1) is 5.82 Å². The topological polar surface area (TPSA) is 32.3 Å². The standard InChI is InChI=1S/C17H17FN2O/c18-15-10-5-4-9-14(15)16-11-6-12-20(16)17(21)19-13-7-2-1-3-8-13/h1-5,7-10,16H,6,11-12H2,(H,19,21)/t16-/m0/s1. The van der Waals surface area contributed by atoms with Crippen molar-refractivity contribution >= 4 is 11.7 Å². The molecular formula is C17H17FN2O. The SMILES string of the molecule is O=C(Nc1ccccc1)N1CCC[C@H]1c1ccccc1F. The molecular weight excluding hydrogens is 267 g/mol. The highest BCUT2D eigenvalue weighted by Crippen LogP contribution is 2.33. The van der Waals surface area contributed by atoms with Crippen LogP contribution in [-0.4, -0.2) is 17.5 Å². The normalized spacial score (nSPS) is 17.8. The van der Waals surface area contributed by atoms with Crippen molar-refractivity contribution in [2.75, 3.05) is 11.9 Å². The summed E-state index contributed by atoms with van der Waals surface area (Å²) in [7, 11) is 0. The van der Waals surface area contributed by atoms with Crippen molar-refractivity contribution in [2.45, 2.75) is 18.9 Å². The monoisotopic (exact) mass is 284 g/mol. The van der Waals surface area contributed by atoms with E-state index in [2.05, 4.69) is 5.32 Å². The van der Waals surface area contributed by atoms with Gasteiger partial charge in [-0.3, -0.25) is 0 Å². The van der Waals surface area contributed by atoms with Crippen LogP contribution < -0.4 is 5.32 Å². The Balaban J connectivity index is 1.78. The molecule has 0 saturated carbocycles. The Bertz CT molecular complexity index is 630. The first-order valence-electron chi connectivity index (χ1n) is 7.13. The Hall–Kier alpha value is -2.36. The molecule has 3 nitrogen and oxygen atoms in total. The number of anilines is 1. The summed E-state index contributed by atoms with van der Waals surface area (Å²) in [6, 6.07) is 15.6. The minimum Gasteiger partial charge on any atom is -0.317 e. The minimum atomic E-state index is -0.248. The molecule has 0 bridgehead atoms. The van der Waals surface area contributed by atoms with Crippen LogP contribution in [0.4, 0.5) is 14.9 Å². The van der Waals surface area contributed by atoms with Gasteiger partial charge in [-0.25, -0.2) is 9.18 Å². The van der Waals surface area contributed by atoms with Crippen molar-refractivity contribution in [3.63, 3.8) is 0 Å². The second-order valence-corrected chi connectivity index (χ2v) is 5.17. The number of urea groups is 1. The average Bonchev–Trinajstić information content (AvgIpc) is 2.98. The molecule has 1 N–H and O–H groups in total. The van der Waals surface area contributed by atoms with E-state index in [4.69, 9.17) is 0 Å². The third-order valence-electron chi connectivity index (χ3n) is 3.80. The Morgan fingerprint density at radius 2 is 1.81 bits per heavy atom. The minimum absolute atomic E-state index is 0.174. The quantitative estimate of drug-likeness (QED) is 0.881. The molecule has 0 aromatic heterocycles. The number of benzene rings is 2. The molecule has 1 atom stereocenters. The Kier molecular flexibility index (Phi) is 3.86. The zero-order valence-electron chi connectivity index (χ0n) is 11.6. The number of amides is 2. The van der Waals surface area contributed by atoms with Crippen LogP contribution in [0.5, 0.6) is 0 Å². The summed E-state index contributed by atoms with van der Waals surface area (Å²) in [5, 5.41) is 2.87. The van der Waals surface area contributed by atoms with E-state index in [1.807, 2.05) is 36.4 Å². The lowest BCUT2D eigenvalue weighted by Crippen LogP contribution is -2.34. The van der Waals surface area contributed by atoms with Gasteiger partial charge in [0.05, 0.1) is 6.04 Å². The predicted molar refractivity (Wildman–Crippen MR) is 80.5 cm³/mol. The number of halogens is 1. The van der Waals surface area contributed by atoms with Gasteiger partial charge in [0.25, 0.3) is 0 Å². The molecule has 2 aromatic rings. The van der Waals surface area contributed by atoms with Crippen molar-refractivity contribution in [3.05, 3.63) is 66.0 Å². The van der Waals surface area contributed by atoms with Gasteiger partial charge in [0.2, 0.25) is 0 Å². The van der Waals surface area contributed by atoms with Crippen LogP contribution in [0.3, 0.4) is 0 Å². The van der Waals surface area contributed by atoms with Crippen molar-refractivity contribution < 1.29 is 9.18 Å². The average molecular weight is 284 g/mol. The molecule has 1 fully saturated rings. The summed E-state index contributed by atoms with van der Waals surface area (Å²) in [5.74, 6) is -0.248. The van der Waals surface area contributed by atoms with Gasteiger partial charge in [-0.1, -0.05) is 36.4 Å². The number of carbonyl (C=O) groups excluding carboxylic acids is 1. The number of likely N-dealkylation sites (tertiary alicyclic amines) is 1. The van der Waals surface area contributed by atoms with Crippen LogP contribution in [0.25, 0.3) is 0 Å². The smallest absolute Gasteiger partial charge is 0.317 e. The highest BCUT2D eigenvalue weighted by molar-refractivity contribution is 5.89. The van der Waals surface area contributed by atoms with Gasteiger partial charge in [-0.2, -0.15) is 0 Å². The molecule has 0 aliphatic carbocycles. The maximum Gasteiger partial charge on any atom is 0.322 e. The molecule has 0 radical (unpaired) electrons. The lowest BCUT2D eigenvalue weighted by atomic mass is 10.0. The molecule has 2 amide bonds. The first kappa shape index (κ1) is 13.6. The molecule has 108 valence electrons. The Labute approximate surface area is 123 Å². The summed E-state index contributed by atoms with van der Waals surface area (Å²) >= 11 is 0. The van der Waals surface area contributed by atoms with E-state index in [-0.39, 0.29) is 17.9 Å². The van der Waals surface area contributed by atoms with Gasteiger partial charge in [-0.15, -0.1) is 0 Å². The van der Waals surface area contributed by atoms with Gasteiger partial charge in [0.15, 0.2) is 0 Å². The fourth-order valence-electron chi connectivity index (χ4n) is 2.80. The zero-order valence-corrected chi connectivity index (χ0v) is 11.6. The third kappa shape index (κ3) is 2.89. The van der Waals surface area contributed by atoms with E-state index in [1.54, 1.807) is 17.0 Å². The summed E-state index contributed by atoms with van der Waals surface area (Å²) in [5.41, 5.74) is 1.35. The van der Waals surface area contributed by atoms with Gasteiger partial charge < -0.3 is 10.2 Å². The lowest BCUT2D eigenvalue weighted by molar-refractivity contribution is 0.206. The molecule has 1 aliphatic heterocycles. The molecule has 1 heterocycles. The van der Waals surface area contributed by atoms with E-state index in [1.165, 1.54) is 6.07 Å². The van der Waals surface area contributed by atoms with E-state index < -0.39 is 0 Å². The number of hydrogen-bond donors (Lipinski definition) is 1. The predicted octanol–water partition coefficient (Wildman–Crippen LogP) is 4.19. The summed E-state index contributed by atoms with van der Waals surface area (Å²) in [4.78, 5) is 14.1. The van der Waals surface area contributed by atoms with E-state index in [0.29, 0.717) is 12.1 Å². The fraction of sp³-hybridized carbons (Fsp3) is 0.235. The molecule has 4 heteroatoms. The van der Waals surface area contributed by atoms with Crippen molar-refractivity contribution in [1.29, 1.82) is 0 Å². The fourth-order valence-corrected chi connectivity index (χ4v) is 2.80. The maximum absolute atomic E-state index is 13.9. The van der Waals surface area contributed by atoms with Crippen molar-refractivity contribution in [1.82, 2.24) is 4.90 Å². The van der Waals surface area contributed by atoms with E-state index >= 15 is 0 Å².